The number of amides is 1. The fourth-order valence-corrected chi connectivity index (χ4v) is 4.93. The van der Waals surface area contributed by atoms with Crippen molar-refractivity contribution < 1.29 is 45.0 Å². The van der Waals surface area contributed by atoms with Gasteiger partial charge in [0, 0.05) is 25.6 Å². The highest BCUT2D eigenvalue weighted by Gasteiger charge is 2.41. The molecule has 0 aliphatic heterocycles. The molecular formula is C27H31F7N2O3. The topological polar surface area (TPSA) is 50.8 Å². The zero-order valence-corrected chi connectivity index (χ0v) is 21.5. The molecule has 0 aromatic heterocycles. The van der Waals surface area contributed by atoms with E-state index in [0.717, 1.165) is 5.56 Å². The second-order valence-corrected chi connectivity index (χ2v) is 9.55. The summed E-state index contributed by atoms with van der Waals surface area (Å²) in [6, 6.07) is 7.16. The molecule has 1 amide bonds. The third-order valence-electron chi connectivity index (χ3n) is 6.77. The molecule has 3 atom stereocenters. The number of likely N-dealkylation sites (N-methyl/N-ethyl adjacent to an activating group) is 1. The zero-order chi connectivity index (χ0) is 28.8. The highest BCUT2D eigenvalue weighted by molar-refractivity contribution is 5.78. The van der Waals surface area contributed by atoms with E-state index < -0.39 is 35.4 Å². The SMILES string of the molecule is COCCNC(=O)CN(C)[C@@H]1CC[C@H](OCCc2cc(C(F)(F)F)cc(C(F)(F)F)c2)[C@H]1c1ccc(F)cc1. The third-order valence-corrected chi connectivity index (χ3v) is 6.77. The quantitative estimate of drug-likeness (QED) is 0.292. The van der Waals surface area contributed by atoms with E-state index in [0.29, 0.717) is 38.1 Å². The number of alkyl halides is 6. The number of hydrogen-bond donors (Lipinski definition) is 1. The van der Waals surface area contributed by atoms with Crippen LogP contribution in [0.2, 0.25) is 0 Å². The fourth-order valence-electron chi connectivity index (χ4n) is 4.93. The Bertz CT molecular complexity index is 1060. The Morgan fingerprint density at radius 1 is 0.974 bits per heavy atom. The van der Waals surface area contributed by atoms with Crippen LogP contribution in [0.1, 0.15) is 41.0 Å². The lowest BCUT2D eigenvalue weighted by Crippen LogP contribution is -2.43. The van der Waals surface area contributed by atoms with E-state index >= 15 is 0 Å². The summed E-state index contributed by atoms with van der Waals surface area (Å²) in [5, 5.41) is 2.75. The van der Waals surface area contributed by atoms with E-state index in [9.17, 15) is 35.5 Å². The summed E-state index contributed by atoms with van der Waals surface area (Å²) in [7, 11) is 3.30. The number of methoxy groups -OCH3 is 1. The van der Waals surface area contributed by atoms with Gasteiger partial charge in [0.2, 0.25) is 5.91 Å². The minimum atomic E-state index is -4.93. The van der Waals surface area contributed by atoms with Crippen LogP contribution in [0.4, 0.5) is 30.7 Å². The van der Waals surface area contributed by atoms with Crippen LogP contribution in [0.25, 0.3) is 0 Å². The van der Waals surface area contributed by atoms with Crippen molar-refractivity contribution >= 4 is 5.91 Å². The maximum Gasteiger partial charge on any atom is 0.416 e. The molecule has 0 saturated heterocycles. The largest absolute Gasteiger partial charge is 0.416 e. The molecule has 1 N–H and O–H groups in total. The number of halogens is 7. The van der Waals surface area contributed by atoms with Crippen LogP contribution in [-0.4, -0.2) is 63.4 Å². The van der Waals surface area contributed by atoms with Gasteiger partial charge in [0.05, 0.1) is 37.0 Å². The number of nitrogens with one attached hydrogen (secondary N) is 1. The molecule has 0 unspecified atom stereocenters. The maximum absolute atomic E-state index is 13.6. The predicted molar refractivity (Wildman–Crippen MR) is 130 cm³/mol. The van der Waals surface area contributed by atoms with Gasteiger partial charge < -0.3 is 14.8 Å². The Kier molecular flexibility index (Phi) is 10.4. The number of rotatable bonds is 11. The highest BCUT2D eigenvalue weighted by Crippen LogP contribution is 2.40. The summed E-state index contributed by atoms with van der Waals surface area (Å²) in [6.07, 6.45) is -9.29. The molecule has 12 heteroatoms. The lowest BCUT2D eigenvalue weighted by molar-refractivity contribution is -0.143. The van der Waals surface area contributed by atoms with E-state index in [1.807, 2.05) is 4.90 Å². The molecule has 0 radical (unpaired) electrons. The standard InChI is InChI=1S/C27H31F7N2O3/c1-36(16-24(37)35-10-12-38-2)22-7-8-23(25(22)18-3-5-21(28)6-4-18)39-11-9-17-13-19(26(29,30)31)15-20(14-17)27(32,33)34/h3-6,13-15,22-23,25H,7-12,16H2,1-2H3,(H,35,37)/t22-,23+,25+/m1/s1. The van der Waals surface area contributed by atoms with Crippen LogP contribution in [0.3, 0.4) is 0 Å². The minimum absolute atomic E-state index is 0.0866. The van der Waals surface area contributed by atoms with Crippen molar-refractivity contribution in [1.82, 2.24) is 10.2 Å². The molecule has 39 heavy (non-hydrogen) atoms. The van der Waals surface area contributed by atoms with Gasteiger partial charge in [0.15, 0.2) is 0 Å². The third kappa shape index (κ3) is 8.64. The summed E-state index contributed by atoms with van der Waals surface area (Å²) in [6.45, 7) is 0.689. The lowest BCUT2D eigenvalue weighted by Gasteiger charge is -2.32. The van der Waals surface area contributed by atoms with Crippen LogP contribution in [-0.2, 0) is 33.0 Å². The highest BCUT2D eigenvalue weighted by atomic mass is 19.4. The number of hydrogen-bond acceptors (Lipinski definition) is 4. The predicted octanol–water partition coefficient (Wildman–Crippen LogP) is 5.43. The molecule has 1 aliphatic carbocycles. The molecule has 1 saturated carbocycles. The Hall–Kier alpha value is -2.70. The van der Waals surface area contributed by atoms with Gasteiger partial charge in [0.1, 0.15) is 5.82 Å². The van der Waals surface area contributed by atoms with Gasteiger partial charge in [-0.3, -0.25) is 9.69 Å². The molecular weight excluding hydrogens is 533 g/mol. The number of ether oxygens (including phenoxy) is 2. The first kappa shape index (κ1) is 30.8. The Morgan fingerprint density at radius 2 is 1.59 bits per heavy atom. The van der Waals surface area contributed by atoms with E-state index in [1.54, 1.807) is 19.2 Å². The normalized spacial score (nSPS) is 20.0. The molecule has 1 fully saturated rings. The van der Waals surface area contributed by atoms with Gasteiger partial charge >= 0.3 is 12.4 Å². The van der Waals surface area contributed by atoms with Crippen LogP contribution < -0.4 is 5.32 Å². The van der Waals surface area contributed by atoms with Gasteiger partial charge in [-0.2, -0.15) is 26.3 Å². The average Bonchev–Trinajstić information content (AvgIpc) is 3.27. The van der Waals surface area contributed by atoms with E-state index in [2.05, 4.69) is 5.32 Å². The summed E-state index contributed by atoms with van der Waals surface area (Å²) in [4.78, 5) is 14.2. The monoisotopic (exact) mass is 564 g/mol. The van der Waals surface area contributed by atoms with Crippen LogP contribution >= 0.6 is 0 Å². The van der Waals surface area contributed by atoms with Crippen molar-refractivity contribution in [2.24, 2.45) is 0 Å². The smallest absolute Gasteiger partial charge is 0.383 e. The number of benzene rings is 2. The first-order valence-corrected chi connectivity index (χ1v) is 12.4. The molecule has 5 nitrogen and oxygen atoms in total. The maximum atomic E-state index is 13.6. The molecule has 216 valence electrons. The molecule has 0 bridgehead atoms. The van der Waals surface area contributed by atoms with Gasteiger partial charge in [-0.15, -0.1) is 0 Å². The molecule has 0 heterocycles. The second-order valence-electron chi connectivity index (χ2n) is 9.55. The van der Waals surface area contributed by atoms with Crippen molar-refractivity contribution in [1.29, 1.82) is 0 Å². The Balaban J connectivity index is 1.74. The van der Waals surface area contributed by atoms with Crippen molar-refractivity contribution in [2.75, 3.05) is 40.5 Å². The molecule has 1 aliphatic rings. The molecule has 3 rings (SSSR count). The number of carbonyl (C=O) groups is 1. The first-order chi connectivity index (χ1) is 18.3. The van der Waals surface area contributed by atoms with Gasteiger partial charge in [-0.05, 0) is 67.8 Å². The summed E-state index contributed by atoms with van der Waals surface area (Å²) in [5.74, 6) is -0.932. The van der Waals surface area contributed by atoms with E-state index in [4.69, 9.17) is 9.47 Å². The summed E-state index contributed by atoms with van der Waals surface area (Å²) >= 11 is 0. The molecule has 2 aromatic carbocycles. The molecule has 0 spiro atoms. The lowest BCUT2D eigenvalue weighted by atomic mass is 9.91. The van der Waals surface area contributed by atoms with E-state index in [1.165, 1.54) is 19.2 Å². The summed E-state index contributed by atoms with van der Waals surface area (Å²) in [5.41, 5.74) is -2.13. The first-order valence-electron chi connectivity index (χ1n) is 12.4. The second kappa shape index (κ2) is 13.1. The van der Waals surface area contributed by atoms with Crippen LogP contribution in [0.5, 0.6) is 0 Å². The van der Waals surface area contributed by atoms with Gasteiger partial charge in [-0.1, -0.05) is 12.1 Å². The van der Waals surface area contributed by atoms with Gasteiger partial charge in [-0.25, -0.2) is 4.39 Å². The fraction of sp³-hybridized carbons (Fsp3) is 0.519. The average molecular weight is 565 g/mol. The van der Waals surface area contributed by atoms with E-state index in [-0.39, 0.29) is 49.1 Å². The van der Waals surface area contributed by atoms with Crippen LogP contribution in [0, 0.1) is 5.82 Å². The van der Waals surface area contributed by atoms with Crippen molar-refractivity contribution in [2.45, 2.75) is 49.7 Å². The van der Waals surface area contributed by atoms with Crippen molar-refractivity contribution in [3.05, 3.63) is 70.5 Å². The van der Waals surface area contributed by atoms with Crippen LogP contribution in [0.15, 0.2) is 42.5 Å². The molecule has 2 aromatic rings. The van der Waals surface area contributed by atoms with Gasteiger partial charge in [0.25, 0.3) is 0 Å². The van der Waals surface area contributed by atoms with Crippen molar-refractivity contribution in [3.8, 4) is 0 Å². The Labute approximate surface area is 222 Å². The zero-order valence-electron chi connectivity index (χ0n) is 21.5. The van der Waals surface area contributed by atoms with Crippen molar-refractivity contribution in [3.63, 3.8) is 0 Å². The number of nitrogens with zero attached hydrogens (tertiary/aromatic N) is 1. The summed E-state index contributed by atoms with van der Waals surface area (Å²) < 4.78 is 104. The minimum Gasteiger partial charge on any atom is -0.383 e. The Morgan fingerprint density at radius 3 is 2.15 bits per heavy atom. The number of carbonyl (C=O) groups excluding carboxylic acids is 1.